The van der Waals surface area contributed by atoms with E-state index in [4.69, 9.17) is 51.9 Å². The summed E-state index contributed by atoms with van der Waals surface area (Å²) < 4.78 is 127. The molecule has 0 bridgehead atoms. The lowest BCUT2D eigenvalue weighted by molar-refractivity contribution is -0.387. The fraction of sp³-hybridized carbons (Fsp3) is 0.865. The summed E-state index contributed by atoms with van der Waals surface area (Å²) in [5, 5.41) is 182. The van der Waals surface area contributed by atoms with Gasteiger partial charge in [0.05, 0.1) is 33.0 Å². The summed E-state index contributed by atoms with van der Waals surface area (Å²) in [5.74, 6) is -8.05. The van der Waals surface area contributed by atoms with Gasteiger partial charge >= 0.3 is 32.7 Å². The molecule has 5 aliphatic rings. The molecule has 0 saturated carbocycles. The largest absolute Gasteiger partial charge is 0.506 e. The Labute approximate surface area is 437 Å². The van der Waals surface area contributed by atoms with Crippen LogP contribution in [-0.2, 0) is 90.9 Å². The summed E-state index contributed by atoms with van der Waals surface area (Å²) in [4.78, 5) is 37.2. The van der Waals surface area contributed by atoms with E-state index in [1.54, 1.807) is 0 Å². The number of aliphatic carboxylic acids is 2. The second kappa shape index (κ2) is 27.1. The highest BCUT2D eigenvalue weighted by Gasteiger charge is 2.58. The zero-order valence-corrected chi connectivity index (χ0v) is 41.2. The fourth-order valence-electron chi connectivity index (χ4n) is 8.30. The lowest BCUT2D eigenvalue weighted by Crippen LogP contribution is -2.70. The van der Waals surface area contributed by atoms with Crippen molar-refractivity contribution < 1.29 is 183 Å². The number of nitrogens with one attached hydrogen (secondary N) is 1. The molecule has 0 aliphatic carbocycles. The molecule has 0 aromatic rings. The lowest BCUT2D eigenvalue weighted by Gasteiger charge is -2.49. The van der Waals surface area contributed by atoms with Crippen LogP contribution in [-0.4, -0.2) is 323 Å². The van der Waals surface area contributed by atoms with Crippen molar-refractivity contribution in [3.8, 4) is 0 Å². The molecule has 1 amide bonds. The third-order valence-corrected chi connectivity index (χ3v) is 13.1. The van der Waals surface area contributed by atoms with Crippen molar-refractivity contribution in [3.63, 3.8) is 0 Å². The van der Waals surface area contributed by atoms with Gasteiger partial charge in [-0.2, -0.15) is 16.8 Å². The van der Waals surface area contributed by atoms with E-state index in [0.717, 1.165) is 6.92 Å². The quantitative estimate of drug-likeness (QED) is 0.0399. The number of carboxylic acid groups (broad SMARTS) is 2. The topological polar surface area (TPSA) is 627 Å². The lowest BCUT2D eigenvalue weighted by atomic mass is 9.94. The molecule has 78 heavy (non-hydrogen) atoms. The maximum absolute atomic E-state index is 12.8. The Morgan fingerprint density at radius 1 is 0.590 bits per heavy atom. The van der Waals surface area contributed by atoms with Gasteiger partial charge in [0.2, 0.25) is 18.0 Å². The van der Waals surface area contributed by atoms with Gasteiger partial charge in [0.25, 0.3) is 0 Å². The smallest absolute Gasteiger partial charge is 0.397 e. The van der Waals surface area contributed by atoms with Crippen molar-refractivity contribution in [3.05, 3.63) is 11.5 Å². The minimum absolute atomic E-state index is 0.820. The molecular formula is C37H59NO38S2. The molecule has 5 rings (SSSR count). The number of carbonyl (C=O) groups is 3. The zero-order valence-electron chi connectivity index (χ0n) is 39.6. The molecular weight excluding hydrogens is 1130 g/mol. The van der Waals surface area contributed by atoms with Gasteiger partial charge in [-0.15, -0.1) is 0 Å². The molecule has 0 aromatic carbocycles. The molecule has 5 heterocycles. The van der Waals surface area contributed by atoms with Gasteiger partial charge in [-0.05, 0) is 0 Å². The van der Waals surface area contributed by atoms with Gasteiger partial charge in [0.15, 0.2) is 37.0 Å². The van der Waals surface area contributed by atoms with Crippen LogP contribution in [0.4, 0.5) is 0 Å². The molecule has 41 heteroatoms. The number of aliphatic hydroxyl groups is 15. The predicted octanol–water partition coefficient (Wildman–Crippen LogP) is -12.8. The molecule has 39 nitrogen and oxygen atoms in total. The van der Waals surface area contributed by atoms with Gasteiger partial charge < -0.3 is 139 Å². The molecule has 0 unspecified atom stereocenters. The Morgan fingerprint density at radius 3 is 1.55 bits per heavy atom. The molecule has 5 aliphatic heterocycles. The molecule has 0 spiro atoms. The molecule has 4 fully saturated rings. The third kappa shape index (κ3) is 15.6. The Bertz CT molecular complexity index is 2280. The van der Waals surface area contributed by atoms with Crippen LogP contribution >= 0.6 is 0 Å². The number of rotatable bonds is 24. The van der Waals surface area contributed by atoms with Crippen LogP contribution in [0.3, 0.4) is 0 Å². The van der Waals surface area contributed by atoms with Crippen LogP contribution in [0.15, 0.2) is 11.5 Å². The SMILES string of the molecule is CC(=O)N[C@H]1[C@H](O[C@H]2[C@H](O)[C@@H](O)[C@H](O[C@H]3[C@@H](O)[C@@H](CO)O[C@@H](O[C@H]4[C@@H](O)[C@@H](COS(=O)(=O)O)O[C@@H](O[C@H](CO)[C@H](O)[C@@H](O)CO)[C@@H]4O)[C@@H]3O)O[C@@H]2C(=O)O)O[C@H](COS(=O)(=O)O)[C@H](O)[C@@H]1O[C@@H]1OC(C(=O)O)=C(O)[C@H](O)[C@H]1O. The van der Waals surface area contributed by atoms with E-state index in [-0.39, 0.29) is 0 Å². The number of amides is 1. The number of ether oxygens (including phenoxy) is 10. The maximum Gasteiger partial charge on any atom is 0.397 e. The van der Waals surface area contributed by atoms with E-state index >= 15 is 0 Å². The van der Waals surface area contributed by atoms with E-state index in [1.165, 1.54) is 0 Å². The van der Waals surface area contributed by atoms with E-state index in [9.17, 15) is 123 Å². The van der Waals surface area contributed by atoms with Gasteiger partial charge in [-0.1, -0.05) is 0 Å². The molecule has 0 radical (unpaired) electrons. The van der Waals surface area contributed by atoms with Crippen LogP contribution in [0.2, 0.25) is 0 Å². The Balaban J connectivity index is 1.43. The summed E-state index contributed by atoms with van der Waals surface area (Å²) in [6.07, 6.45) is -58.3. The van der Waals surface area contributed by atoms with E-state index < -0.39 is 243 Å². The van der Waals surface area contributed by atoms with Crippen molar-refractivity contribution in [2.24, 2.45) is 0 Å². The summed E-state index contributed by atoms with van der Waals surface area (Å²) in [6, 6.07) is -2.12. The molecule has 4 saturated heterocycles. The van der Waals surface area contributed by atoms with Gasteiger partial charge in [-0.25, -0.2) is 18.0 Å². The normalized spacial score (nSPS) is 41.1. The fourth-order valence-corrected chi connectivity index (χ4v) is 8.92. The highest BCUT2D eigenvalue weighted by atomic mass is 32.3. The average molecular weight is 1190 g/mol. The monoisotopic (exact) mass is 1190 g/mol. The Kier molecular flexibility index (Phi) is 22.7. The first-order chi connectivity index (χ1) is 36.2. The third-order valence-electron chi connectivity index (χ3n) is 12.2. The highest BCUT2D eigenvalue weighted by Crippen LogP contribution is 2.37. The number of hydrogen-bond acceptors (Lipinski definition) is 34. The molecule has 26 atom stereocenters. The summed E-state index contributed by atoms with van der Waals surface area (Å²) >= 11 is 0. The second-order valence-electron chi connectivity index (χ2n) is 17.6. The average Bonchev–Trinajstić information content (AvgIpc) is 3.38. The van der Waals surface area contributed by atoms with Crippen LogP contribution < -0.4 is 5.32 Å². The van der Waals surface area contributed by atoms with E-state index in [2.05, 4.69) is 13.7 Å². The predicted molar refractivity (Wildman–Crippen MR) is 229 cm³/mol. The van der Waals surface area contributed by atoms with E-state index in [0.29, 0.717) is 0 Å². The van der Waals surface area contributed by atoms with Crippen molar-refractivity contribution in [1.29, 1.82) is 0 Å². The summed E-state index contributed by atoms with van der Waals surface area (Å²) in [7, 11) is -10.7. The van der Waals surface area contributed by atoms with E-state index in [1.807, 2.05) is 0 Å². The first-order valence-corrected chi connectivity index (χ1v) is 25.3. The summed E-state index contributed by atoms with van der Waals surface area (Å²) in [5.41, 5.74) is 0. The zero-order chi connectivity index (χ0) is 58.6. The molecule has 0 aromatic heterocycles. The molecule has 452 valence electrons. The van der Waals surface area contributed by atoms with Crippen LogP contribution in [0.1, 0.15) is 6.92 Å². The van der Waals surface area contributed by atoms with Crippen LogP contribution in [0.5, 0.6) is 0 Å². The van der Waals surface area contributed by atoms with Gasteiger partial charge in [0.1, 0.15) is 122 Å². The number of aliphatic hydroxyl groups excluding tert-OH is 15. The van der Waals surface area contributed by atoms with Crippen molar-refractivity contribution >= 4 is 38.6 Å². The maximum atomic E-state index is 12.8. The highest BCUT2D eigenvalue weighted by molar-refractivity contribution is 7.81. The number of carboxylic acids is 2. The Morgan fingerprint density at radius 2 is 1.06 bits per heavy atom. The first kappa shape index (κ1) is 65.4. The van der Waals surface area contributed by atoms with Crippen LogP contribution in [0.25, 0.3) is 0 Å². The minimum atomic E-state index is -5.39. The van der Waals surface area contributed by atoms with Gasteiger partial charge in [0, 0.05) is 6.92 Å². The first-order valence-electron chi connectivity index (χ1n) is 22.5. The van der Waals surface area contributed by atoms with Crippen molar-refractivity contribution in [2.75, 3.05) is 33.0 Å². The second-order valence-corrected chi connectivity index (χ2v) is 19.8. The van der Waals surface area contributed by atoms with Crippen LogP contribution in [0, 0.1) is 0 Å². The minimum Gasteiger partial charge on any atom is -0.506 e. The Hall–Kier alpha value is -3.43. The number of hydrogen-bond donors (Lipinski definition) is 20. The van der Waals surface area contributed by atoms with Gasteiger partial charge in [-0.3, -0.25) is 13.9 Å². The standard InChI is InChI=1S/C37H59NO38S2/c1-7(42)38-13-25(71-34-21(51)18(48)19(49)29(75-34)31(55)56)16(46)11(5-65-77(59,60)61)69-33(13)74-28-20(50)22(52)35(76-30(28)32(57)58)72-26-15(45)10(4-41)68-37(24(26)54)73-27-17(47)12(6-66-78(62,63)64)70-36(23(27)53)67-9(3-40)14(44)8(43)2-39/h8-18,20-28,30,33-37,39-41,43-54H,2-6H2,1H3,(H,38,42)(H,55,56)(H,57,58)(H,59,60,61)(H,62,63,64)/t8-,9+,10+,11+,12+,13+,14+,15-,16-,17-,18-,20+,21+,22+,23+,24+,25+,26-,27-,28-,30-,33-,34+,35+,36+,37-/m0/s1. The summed E-state index contributed by atoms with van der Waals surface area (Å²) in [6.45, 7) is -5.38. The number of carbonyl (C=O) groups excluding carboxylic acids is 1. The van der Waals surface area contributed by atoms with Crippen molar-refractivity contribution in [2.45, 2.75) is 166 Å². The molecule has 20 N–H and O–H groups in total. The van der Waals surface area contributed by atoms with Crippen molar-refractivity contribution in [1.82, 2.24) is 5.32 Å².